The average molecular weight is 354 g/mol. The van der Waals surface area contributed by atoms with E-state index in [4.69, 9.17) is 0 Å². The first-order chi connectivity index (χ1) is 9.47. The van der Waals surface area contributed by atoms with Gasteiger partial charge in [-0.1, -0.05) is 15.9 Å². The van der Waals surface area contributed by atoms with Crippen molar-refractivity contribution in [3.05, 3.63) is 44.1 Å². The van der Waals surface area contributed by atoms with E-state index < -0.39 is 0 Å². The summed E-state index contributed by atoms with van der Waals surface area (Å²) >= 11 is 4.94. The first-order valence-corrected chi connectivity index (χ1v) is 7.88. The van der Waals surface area contributed by atoms with Crippen molar-refractivity contribution < 1.29 is 5.11 Å². The fraction of sp³-hybridized carbons (Fsp3) is 0.286. The highest BCUT2D eigenvalue weighted by Gasteiger charge is 2.02. The van der Waals surface area contributed by atoms with Gasteiger partial charge in [-0.15, -0.1) is 11.3 Å². The third kappa shape index (κ3) is 3.58. The van der Waals surface area contributed by atoms with Gasteiger partial charge in [0.2, 0.25) is 4.80 Å². The molecule has 0 aliphatic carbocycles. The third-order valence-corrected chi connectivity index (χ3v) is 3.96. The van der Waals surface area contributed by atoms with Gasteiger partial charge in [0.15, 0.2) is 0 Å². The predicted molar refractivity (Wildman–Crippen MR) is 86.5 cm³/mol. The normalized spacial score (nSPS) is 12.8. The van der Waals surface area contributed by atoms with Gasteiger partial charge < -0.3 is 5.11 Å². The highest BCUT2D eigenvalue weighted by Crippen LogP contribution is 2.20. The number of benzene rings is 1. The molecule has 0 saturated carbocycles. The minimum absolute atomic E-state index is 0.202. The maximum atomic E-state index is 9.81. The monoisotopic (exact) mass is 353 g/mol. The fourth-order valence-electron chi connectivity index (χ4n) is 1.58. The van der Waals surface area contributed by atoms with E-state index in [0.717, 1.165) is 15.0 Å². The van der Waals surface area contributed by atoms with Gasteiger partial charge >= 0.3 is 0 Å². The quantitative estimate of drug-likeness (QED) is 0.843. The minimum Gasteiger partial charge on any atom is -0.507 e. The highest BCUT2D eigenvalue weighted by atomic mass is 79.9. The zero-order valence-corrected chi connectivity index (χ0v) is 13.9. The van der Waals surface area contributed by atoms with Crippen LogP contribution in [0.2, 0.25) is 0 Å². The molecule has 0 spiro atoms. The van der Waals surface area contributed by atoms with E-state index in [2.05, 4.69) is 26.0 Å². The molecule has 0 amide bonds. The molecule has 1 aromatic heterocycles. The standard InChI is InChI=1S/C14H16BrN3OS/c1-9(2)17-14-18(10(3)8-20-14)16-7-11-6-12(15)4-5-13(11)19/h4-9,19H,1-3H3. The molecule has 2 aromatic rings. The number of rotatable bonds is 3. The van der Waals surface area contributed by atoms with Crippen LogP contribution in [0.3, 0.4) is 0 Å². The maximum Gasteiger partial charge on any atom is 0.206 e. The summed E-state index contributed by atoms with van der Waals surface area (Å²) in [4.78, 5) is 5.38. The summed E-state index contributed by atoms with van der Waals surface area (Å²) in [6.07, 6.45) is 1.64. The van der Waals surface area contributed by atoms with Crippen LogP contribution < -0.4 is 4.80 Å². The zero-order chi connectivity index (χ0) is 14.7. The first kappa shape index (κ1) is 15.0. The van der Waals surface area contributed by atoms with Gasteiger partial charge in [0, 0.05) is 21.5 Å². The maximum absolute atomic E-state index is 9.81. The summed E-state index contributed by atoms with van der Waals surface area (Å²) in [6, 6.07) is 5.46. The van der Waals surface area contributed by atoms with Gasteiger partial charge in [-0.3, -0.25) is 4.99 Å². The molecule has 4 nitrogen and oxygen atoms in total. The first-order valence-electron chi connectivity index (χ1n) is 6.21. The minimum atomic E-state index is 0.202. The SMILES string of the molecule is Cc1csc(=NC(C)C)n1N=Cc1cc(Br)ccc1O. The van der Waals surface area contributed by atoms with Crippen molar-refractivity contribution in [3.8, 4) is 5.75 Å². The van der Waals surface area contributed by atoms with Crippen LogP contribution in [0.25, 0.3) is 0 Å². The lowest BCUT2D eigenvalue weighted by molar-refractivity contribution is 0.474. The summed E-state index contributed by atoms with van der Waals surface area (Å²) in [5, 5.41) is 16.2. The van der Waals surface area contributed by atoms with Crippen LogP contribution in [0.4, 0.5) is 0 Å². The molecule has 20 heavy (non-hydrogen) atoms. The number of thiazole rings is 1. The Hall–Kier alpha value is -1.40. The van der Waals surface area contributed by atoms with E-state index >= 15 is 0 Å². The summed E-state index contributed by atoms with van der Waals surface area (Å²) in [5.74, 6) is 0.202. The number of hydrogen-bond donors (Lipinski definition) is 1. The van der Waals surface area contributed by atoms with Gasteiger partial charge in [-0.05, 0) is 39.0 Å². The van der Waals surface area contributed by atoms with Crippen LogP contribution in [-0.2, 0) is 0 Å². The van der Waals surface area contributed by atoms with Gasteiger partial charge in [0.1, 0.15) is 5.75 Å². The molecule has 0 atom stereocenters. The molecule has 0 saturated heterocycles. The second-order valence-electron chi connectivity index (χ2n) is 4.64. The molecule has 0 fully saturated rings. The van der Waals surface area contributed by atoms with E-state index in [0.29, 0.717) is 5.56 Å². The molecule has 106 valence electrons. The van der Waals surface area contributed by atoms with E-state index in [1.165, 1.54) is 0 Å². The molecule has 6 heteroatoms. The van der Waals surface area contributed by atoms with Crippen molar-refractivity contribution in [2.24, 2.45) is 10.1 Å². The summed E-state index contributed by atoms with van der Waals surface area (Å²) in [7, 11) is 0. The molecule has 1 N–H and O–H groups in total. The van der Waals surface area contributed by atoms with Gasteiger partial charge in [-0.2, -0.15) is 5.10 Å². The van der Waals surface area contributed by atoms with Crippen LogP contribution in [0.1, 0.15) is 25.1 Å². The molecule has 0 radical (unpaired) electrons. The average Bonchev–Trinajstić information content (AvgIpc) is 2.71. The Morgan fingerprint density at radius 3 is 2.85 bits per heavy atom. The number of nitrogens with zero attached hydrogens (tertiary/aromatic N) is 3. The Balaban J connectivity index is 2.42. The molecule has 0 unspecified atom stereocenters. The Kier molecular flexibility index (Phi) is 4.77. The number of hydrogen-bond acceptors (Lipinski definition) is 4. The largest absolute Gasteiger partial charge is 0.507 e. The van der Waals surface area contributed by atoms with Crippen LogP contribution in [0.5, 0.6) is 5.75 Å². The molecule has 0 aliphatic heterocycles. The fourth-order valence-corrected chi connectivity index (χ4v) is 2.90. The van der Waals surface area contributed by atoms with Crippen LogP contribution in [0, 0.1) is 6.92 Å². The van der Waals surface area contributed by atoms with Crippen molar-refractivity contribution >= 4 is 33.5 Å². The van der Waals surface area contributed by atoms with Crippen molar-refractivity contribution in [3.63, 3.8) is 0 Å². The van der Waals surface area contributed by atoms with Gasteiger partial charge in [-0.25, -0.2) is 4.68 Å². The van der Waals surface area contributed by atoms with Gasteiger partial charge in [0.25, 0.3) is 0 Å². The van der Waals surface area contributed by atoms with E-state index in [1.54, 1.807) is 34.4 Å². The lowest BCUT2D eigenvalue weighted by Crippen LogP contribution is -2.14. The number of aromatic hydroxyl groups is 1. The highest BCUT2D eigenvalue weighted by molar-refractivity contribution is 9.10. The van der Waals surface area contributed by atoms with Crippen LogP contribution in [-0.4, -0.2) is 22.0 Å². The predicted octanol–water partition coefficient (Wildman–Crippen LogP) is 3.52. The van der Waals surface area contributed by atoms with Crippen LogP contribution in [0.15, 0.2) is 38.1 Å². The van der Waals surface area contributed by atoms with Crippen molar-refractivity contribution in [2.45, 2.75) is 26.8 Å². The number of phenols is 1. The summed E-state index contributed by atoms with van der Waals surface area (Å²) in [6.45, 7) is 6.04. The summed E-state index contributed by atoms with van der Waals surface area (Å²) < 4.78 is 2.68. The van der Waals surface area contributed by atoms with Crippen LogP contribution >= 0.6 is 27.3 Å². The lowest BCUT2D eigenvalue weighted by Gasteiger charge is -2.01. The van der Waals surface area contributed by atoms with E-state index in [9.17, 15) is 5.11 Å². The Bertz CT molecular complexity index is 701. The smallest absolute Gasteiger partial charge is 0.206 e. The summed E-state index contributed by atoms with van der Waals surface area (Å²) in [5.41, 5.74) is 1.67. The third-order valence-electron chi connectivity index (χ3n) is 2.52. The van der Waals surface area contributed by atoms with Crippen molar-refractivity contribution in [1.82, 2.24) is 4.68 Å². The number of aryl methyl sites for hydroxylation is 1. The molecule has 0 bridgehead atoms. The molecular weight excluding hydrogens is 338 g/mol. The van der Waals surface area contributed by atoms with Crippen molar-refractivity contribution in [2.75, 3.05) is 0 Å². The molecule has 1 aromatic carbocycles. The van der Waals surface area contributed by atoms with Gasteiger partial charge in [0.05, 0.1) is 11.9 Å². The topological polar surface area (TPSA) is 49.9 Å². The second-order valence-corrected chi connectivity index (χ2v) is 6.39. The van der Waals surface area contributed by atoms with Crippen molar-refractivity contribution in [1.29, 1.82) is 0 Å². The number of aromatic nitrogens is 1. The molecule has 0 aliphatic rings. The van der Waals surface area contributed by atoms with E-state index in [-0.39, 0.29) is 11.8 Å². The zero-order valence-electron chi connectivity index (χ0n) is 11.5. The second kappa shape index (κ2) is 6.37. The molecule has 1 heterocycles. The molecule has 2 rings (SSSR count). The lowest BCUT2D eigenvalue weighted by atomic mass is 10.2. The Morgan fingerprint density at radius 1 is 1.40 bits per heavy atom. The molecular formula is C14H16BrN3OS. The number of phenolic OH excluding ortho intramolecular Hbond substituents is 1. The van der Waals surface area contributed by atoms with E-state index in [1.807, 2.05) is 32.2 Å². The Morgan fingerprint density at radius 2 is 2.15 bits per heavy atom. The Labute approximate surface area is 130 Å². The number of halogens is 1.